The Morgan fingerprint density at radius 1 is 1.42 bits per heavy atom. The van der Waals surface area contributed by atoms with E-state index >= 15 is 0 Å². The third kappa shape index (κ3) is 5.25. The molecule has 0 spiro atoms. The van der Waals surface area contributed by atoms with E-state index in [2.05, 4.69) is 5.32 Å². The molecule has 0 radical (unpaired) electrons. The molecule has 0 heterocycles. The molecule has 4 N–H and O–H groups in total. The van der Waals surface area contributed by atoms with Crippen LogP contribution in [0.5, 0.6) is 0 Å². The number of carbonyl (C=O) groups excluding carboxylic acids is 2. The van der Waals surface area contributed by atoms with Gasteiger partial charge in [0.1, 0.15) is 6.61 Å². The summed E-state index contributed by atoms with van der Waals surface area (Å²) in [6.45, 7) is 1.74. The van der Waals surface area contributed by atoms with Gasteiger partial charge in [-0.2, -0.15) is 0 Å². The van der Waals surface area contributed by atoms with Crippen LogP contribution in [0.4, 0.5) is 0 Å². The van der Waals surface area contributed by atoms with E-state index in [9.17, 15) is 14.4 Å². The molecule has 1 fully saturated rings. The number of rotatable bonds is 7. The van der Waals surface area contributed by atoms with Crippen LogP contribution >= 0.6 is 0 Å². The highest BCUT2D eigenvalue weighted by Gasteiger charge is 2.27. The van der Waals surface area contributed by atoms with Crippen molar-refractivity contribution in [3.63, 3.8) is 0 Å². The van der Waals surface area contributed by atoms with E-state index in [4.69, 9.17) is 15.6 Å². The van der Waals surface area contributed by atoms with Gasteiger partial charge in [0.05, 0.1) is 24.4 Å². The van der Waals surface area contributed by atoms with Gasteiger partial charge in [-0.3, -0.25) is 14.4 Å². The average Bonchev–Trinajstić information content (AvgIpc) is 2.22. The van der Waals surface area contributed by atoms with Crippen molar-refractivity contribution >= 4 is 17.8 Å². The van der Waals surface area contributed by atoms with Crippen LogP contribution in [0.2, 0.25) is 0 Å². The molecule has 0 aromatic carbocycles. The molecular weight excluding hydrogens is 252 g/mol. The zero-order valence-corrected chi connectivity index (χ0v) is 10.9. The van der Waals surface area contributed by atoms with Gasteiger partial charge < -0.3 is 20.9 Å². The van der Waals surface area contributed by atoms with Crippen molar-refractivity contribution < 1.29 is 24.2 Å². The van der Waals surface area contributed by atoms with Gasteiger partial charge in [0, 0.05) is 0 Å². The molecule has 108 valence electrons. The van der Waals surface area contributed by atoms with Crippen LogP contribution in [0.1, 0.15) is 32.6 Å². The number of ether oxygens (including phenoxy) is 1. The van der Waals surface area contributed by atoms with Crippen LogP contribution in [-0.2, 0) is 19.1 Å². The van der Waals surface area contributed by atoms with E-state index in [0.29, 0.717) is 0 Å². The zero-order chi connectivity index (χ0) is 14.4. The number of hydrogen-bond donors (Lipinski definition) is 3. The molecule has 19 heavy (non-hydrogen) atoms. The van der Waals surface area contributed by atoms with Gasteiger partial charge in [-0.15, -0.1) is 0 Å². The van der Waals surface area contributed by atoms with E-state index in [0.717, 1.165) is 19.3 Å². The minimum atomic E-state index is -1.13. The molecule has 1 amide bonds. The Morgan fingerprint density at radius 3 is 2.53 bits per heavy atom. The Labute approximate surface area is 111 Å². The highest BCUT2D eigenvalue weighted by molar-refractivity contribution is 5.86. The third-order valence-electron chi connectivity index (χ3n) is 3.03. The molecule has 0 aromatic rings. The summed E-state index contributed by atoms with van der Waals surface area (Å²) in [6, 6.07) is -1.49. The van der Waals surface area contributed by atoms with Gasteiger partial charge in [0.15, 0.2) is 0 Å². The number of amides is 1. The number of nitrogens with two attached hydrogens (primary N) is 1. The summed E-state index contributed by atoms with van der Waals surface area (Å²) < 4.78 is 5.06. The number of hydrogen-bond acceptors (Lipinski definition) is 5. The lowest BCUT2D eigenvalue weighted by Crippen LogP contribution is -2.47. The van der Waals surface area contributed by atoms with E-state index in [-0.39, 0.29) is 18.5 Å². The fraction of sp³-hybridized carbons (Fsp3) is 0.750. The van der Waals surface area contributed by atoms with Crippen molar-refractivity contribution in [2.75, 3.05) is 6.61 Å². The lowest BCUT2D eigenvalue weighted by Gasteiger charge is -2.24. The zero-order valence-electron chi connectivity index (χ0n) is 10.9. The minimum absolute atomic E-state index is 0.00262. The third-order valence-corrected chi connectivity index (χ3v) is 3.03. The smallest absolute Gasteiger partial charge is 0.309 e. The fourth-order valence-corrected chi connectivity index (χ4v) is 1.64. The molecule has 0 aromatic heterocycles. The first-order chi connectivity index (χ1) is 8.90. The predicted octanol–water partition coefficient (Wildman–Crippen LogP) is -0.364. The molecule has 1 aliphatic rings. The van der Waals surface area contributed by atoms with Gasteiger partial charge >= 0.3 is 11.9 Å². The van der Waals surface area contributed by atoms with Crippen LogP contribution in [0.3, 0.4) is 0 Å². The van der Waals surface area contributed by atoms with Crippen LogP contribution in [0, 0.1) is 5.92 Å². The SMILES string of the molecule is CC(COC(=O)C1CCC1)NC(=O)C(N)CC(=O)O. The van der Waals surface area contributed by atoms with Gasteiger partial charge in [-0.1, -0.05) is 6.42 Å². The van der Waals surface area contributed by atoms with Crippen LogP contribution in [0.15, 0.2) is 0 Å². The van der Waals surface area contributed by atoms with Gasteiger partial charge in [-0.25, -0.2) is 0 Å². The molecule has 0 bridgehead atoms. The minimum Gasteiger partial charge on any atom is -0.481 e. The Bertz CT molecular complexity index is 354. The van der Waals surface area contributed by atoms with E-state index in [1.54, 1.807) is 6.92 Å². The van der Waals surface area contributed by atoms with Crippen LogP contribution in [0.25, 0.3) is 0 Å². The summed E-state index contributed by atoms with van der Waals surface area (Å²) in [4.78, 5) is 33.4. The lowest BCUT2D eigenvalue weighted by atomic mass is 9.86. The van der Waals surface area contributed by atoms with Crippen LogP contribution in [-0.4, -0.2) is 41.6 Å². The fourth-order valence-electron chi connectivity index (χ4n) is 1.64. The van der Waals surface area contributed by atoms with Crippen molar-refractivity contribution in [3.8, 4) is 0 Å². The molecule has 7 heteroatoms. The molecule has 1 aliphatic carbocycles. The van der Waals surface area contributed by atoms with Gasteiger partial charge in [-0.05, 0) is 19.8 Å². The molecule has 1 saturated carbocycles. The van der Waals surface area contributed by atoms with Crippen LogP contribution < -0.4 is 11.1 Å². The number of nitrogens with one attached hydrogen (secondary N) is 1. The summed E-state index contributed by atoms with van der Waals surface area (Å²) in [5.74, 6) is -1.93. The first kappa shape index (κ1) is 15.4. The van der Waals surface area contributed by atoms with Crippen molar-refractivity contribution in [1.82, 2.24) is 5.32 Å². The standard InChI is InChI=1S/C12H20N2O5/c1-7(6-19-12(18)8-3-2-4-8)14-11(17)9(13)5-10(15)16/h7-9H,2-6,13H2,1H3,(H,14,17)(H,15,16). The Kier molecular flexibility index (Phi) is 5.75. The molecular formula is C12H20N2O5. The molecule has 0 saturated heterocycles. The number of carboxylic acids is 1. The largest absolute Gasteiger partial charge is 0.481 e. The summed E-state index contributed by atoms with van der Waals surface area (Å²) >= 11 is 0. The second-order valence-corrected chi connectivity index (χ2v) is 4.87. The van der Waals surface area contributed by atoms with Crippen molar-refractivity contribution in [1.29, 1.82) is 0 Å². The number of aliphatic carboxylic acids is 1. The van der Waals surface area contributed by atoms with E-state index < -0.39 is 30.4 Å². The summed E-state index contributed by atoms with van der Waals surface area (Å²) in [7, 11) is 0. The molecule has 0 aliphatic heterocycles. The van der Waals surface area contributed by atoms with Crippen molar-refractivity contribution in [2.24, 2.45) is 11.7 Å². The highest BCUT2D eigenvalue weighted by Crippen LogP contribution is 2.27. The first-order valence-corrected chi connectivity index (χ1v) is 6.34. The maximum Gasteiger partial charge on any atom is 0.309 e. The predicted molar refractivity (Wildman–Crippen MR) is 66.1 cm³/mol. The van der Waals surface area contributed by atoms with E-state index in [1.165, 1.54) is 0 Å². The first-order valence-electron chi connectivity index (χ1n) is 6.34. The Hall–Kier alpha value is -1.63. The normalized spacial score (nSPS) is 18.0. The highest BCUT2D eigenvalue weighted by atomic mass is 16.5. The summed E-state index contributed by atoms with van der Waals surface area (Å²) in [5.41, 5.74) is 5.40. The maximum atomic E-state index is 11.5. The lowest BCUT2D eigenvalue weighted by molar-refractivity contribution is -0.152. The Morgan fingerprint density at radius 2 is 2.05 bits per heavy atom. The molecule has 7 nitrogen and oxygen atoms in total. The number of carboxylic acid groups (broad SMARTS) is 1. The average molecular weight is 272 g/mol. The number of carbonyl (C=O) groups is 3. The molecule has 1 rings (SSSR count). The molecule has 2 unspecified atom stereocenters. The van der Waals surface area contributed by atoms with Gasteiger partial charge in [0.2, 0.25) is 5.91 Å². The van der Waals surface area contributed by atoms with Gasteiger partial charge in [0.25, 0.3) is 0 Å². The summed E-state index contributed by atoms with van der Waals surface area (Å²) in [6.07, 6.45) is 2.35. The van der Waals surface area contributed by atoms with Crippen molar-refractivity contribution in [3.05, 3.63) is 0 Å². The van der Waals surface area contributed by atoms with E-state index in [1.807, 2.05) is 0 Å². The summed E-state index contributed by atoms with van der Waals surface area (Å²) in [5, 5.41) is 11.0. The molecule has 2 atom stereocenters. The monoisotopic (exact) mass is 272 g/mol. The second-order valence-electron chi connectivity index (χ2n) is 4.87. The maximum absolute atomic E-state index is 11.5. The second kappa shape index (κ2) is 7.08. The Balaban J connectivity index is 2.22. The van der Waals surface area contributed by atoms with Crippen molar-refractivity contribution in [2.45, 2.75) is 44.7 Å². The number of esters is 1. The topological polar surface area (TPSA) is 119 Å². The quantitative estimate of drug-likeness (QED) is 0.544.